The molecule has 2 amide bonds. The minimum atomic E-state index is -5.08. The van der Waals surface area contributed by atoms with Gasteiger partial charge < -0.3 is 29.2 Å². The number of fused-ring (bicyclic) bond motifs is 1. The highest BCUT2D eigenvalue weighted by atomic mass is 35.5. The molecule has 3 aromatic rings. The molecule has 3 N–H and O–H groups in total. The highest BCUT2D eigenvalue weighted by Gasteiger charge is 2.48. The third-order valence-corrected chi connectivity index (χ3v) is 11.6. The van der Waals surface area contributed by atoms with E-state index in [1.807, 2.05) is 53.2 Å². The Morgan fingerprint density at radius 3 is 1.90 bits per heavy atom. The number of para-hydroxylation sites is 1. The number of carboxylic acids is 2. The van der Waals surface area contributed by atoms with Crippen molar-refractivity contribution in [2.75, 3.05) is 53.9 Å². The standard InChI is InChI=1S/C33H42Cl2N5O5S.2C2HF3O2/c1-22-19-23(2)36-31-24(22)9-8-10-27(31)45-21-25-26(34)11-12-28(30(25)35)46(43,44)37-33(13-6-7-14-33)32(42)39-17-15-38(16-18-39)29(41)20-40(3,4)5;2*3-2(4,5)1(6)7/h8-12,19,37H,6-7,13-18,20-21H2,1-5H3;2*(H,6,7)/q+1;;. The Morgan fingerprint density at radius 1 is 0.883 bits per heavy atom. The van der Waals surface area contributed by atoms with Gasteiger partial charge in [0, 0.05) is 47.8 Å². The number of benzene rings is 2. The van der Waals surface area contributed by atoms with Crippen molar-refractivity contribution in [2.24, 2.45) is 0 Å². The van der Waals surface area contributed by atoms with Crippen molar-refractivity contribution in [3.05, 3.63) is 63.3 Å². The van der Waals surface area contributed by atoms with Crippen LogP contribution in [0.1, 0.15) is 42.5 Å². The summed E-state index contributed by atoms with van der Waals surface area (Å²) >= 11 is 13.3. The van der Waals surface area contributed by atoms with Gasteiger partial charge in [-0.1, -0.05) is 48.2 Å². The number of amides is 2. The van der Waals surface area contributed by atoms with E-state index in [0.717, 1.165) is 16.6 Å². The van der Waals surface area contributed by atoms with Crippen molar-refractivity contribution in [1.29, 1.82) is 0 Å². The van der Waals surface area contributed by atoms with E-state index in [4.69, 9.17) is 47.7 Å². The first-order valence-electron chi connectivity index (χ1n) is 18.0. The van der Waals surface area contributed by atoms with E-state index in [9.17, 15) is 44.3 Å². The number of nitrogens with one attached hydrogen (secondary N) is 1. The second-order valence-electron chi connectivity index (χ2n) is 15.0. The number of alkyl halides is 6. The summed E-state index contributed by atoms with van der Waals surface area (Å²) in [6, 6.07) is 10.5. The van der Waals surface area contributed by atoms with Crippen LogP contribution < -0.4 is 9.46 Å². The van der Waals surface area contributed by atoms with Crippen LogP contribution in [-0.2, 0) is 35.8 Å². The van der Waals surface area contributed by atoms with Crippen molar-refractivity contribution >= 4 is 67.9 Å². The molecule has 60 heavy (non-hydrogen) atoms. The van der Waals surface area contributed by atoms with Crippen LogP contribution in [0.25, 0.3) is 10.9 Å². The number of carbonyl (C=O) groups is 4. The summed E-state index contributed by atoms with van der Waals surface area (Å²) in [4.78, 5) is 52.4. The van der Waals surface area contributed by atoms with E-state index in [0.29, 0.717) is 79.7 Å². The van der Waals surface area contributed by atoms with E-state index in [-0.39, 0.29) is 33.4 Å². The van der Waals surface area contributed by atoms with Gasteiger partial charge in [-0.15, -0.1) is 0 Å². The fourth-order valence-corrected chi connectivity index (χ4v) is 8.66. The molecule has 1 aliphatic carbocycles. The van der Waals surface area contributed by atoms with Crippen LogP contribution in [0.4, 0.5) is 26.3 Å². The van der Waals surface area contributed by atoms with Gasteiger partial charge in [-0.3, -0.25) is 9.59 Å². The summed E-state index contributed by atoms with van der Waals surface area (Å²) < 4.78 is 101. The predicted octanol–water partition coefficient (Wildman–Crippen LogP) is 5.97. The number of nitrogens with zero attached hydrogens (tertiary/aromatic N) is 4. The van der Waals surface area contributed by atoms with Crippen molar-refractivity contribution in [3.8, 4) is 5.75 Å². The van der Waals surface area contributed by atoms with Crippen molar-refractivity contribution in [2.45, 2.75) is 68.9 Å². The number of sulfonamides is 1. The van der Waals surface area contributed by atoms with Crippen LogP contribution in [0.3, 0.4) is 0 Å². The fourth-order valence-electron chi connectivity index (χ4n) is 6.36. The molecule has 1 saturated carbocycles. The number of aryl methyl sites for hydroxylation is 2. The van der Waals surface area contributed by atoms with Crippen LogP contribution in [-0.4, -0.2) is 133 Å². The summed E-state index contributed by atoms with van der Waals surface area (Å²) in [6.45, 7) is 5.70. The predicted molar refractivity (Wildman–Crippen MR) is 207 cm³/mol. The third kappa shape index (κ3) is 13.3. The molecule has 2 aliphatic rings. The Balaban J connectivity index is 0.000000589. The minimum Gasteiger partial charge on any atom is -0.487 e. The molecule has 0 bridgehead atoms. The molecular formula is C37H44Cl2F6N5O9S+. The number of aliphatic carboxylic acids is 2. The first kappa shape index (κ1) is 49.9. The van der Waals surface area contributed by atoms with Crippen LogP contribution in [0.5, 0.6) is 5.75 Å². The molecule has 1 saturated heterocycles. The zero-order valence-electron chi connectivity index (χ0n) is 33.0. The monoisotopic (exact) mass is 918 g/mol. The molecule has 0 radical (unpaired) electrons. The zero-order valence-corrected chi connectivity index (χ0v) is 35.3. The molecule has 0 spiro atoms. The Labute approximate surface area is 351 Å². The van der Waals surface area contributed by atoms with E-state index in [1.165, 1.54) is 12.1 Å². The summed E-state index contributed by atoms with van der Waals surface area (Å²) in [5, 5.41) is 15.4. The van der Waals surface area contributed by atoms with Crippen LogP contribution in [0, 0.1) is 13.8 Å². The second-order valence-corrected chi connectivity index (χ2v) is 17.4. The van der Waals surface area contributed by atoms with Crippen molar-refractivity contribution in [1.82, 2.24) is 19.5 Å². The fraction of sp³-hybridized carbons (Fsp3) is 0.486. The second kappa shape index (κ2) is 19.5. The number of carbonyl (C=O) groups excluding carboxylic acids is 2. The minimum absolute atomic E-state index is 0.0370. The Kier molecular flexibility index (Phi) is 16.2. The Bertz CT molecular complexity index is 2160. The van der Waals surface area contributed by atoms with Gasteiger partial charge in [0.05, 0.1) is 26.2 Å². The van der Waals surface area contributed by atoms with Gasteiger partial charge in [-0.2, -0.15) is 31.1 Å². The molecule has 2 heterocycles. The lowest BCUT2D eigenvalue weighted by Crippen LogP contribution is -2.62. The number of aromatic nitrogens is 1. The van der Waals surface area contributed by atoms with E-state index in [2.05, 4.69) is 9.71 Å². The number of ether oxygens (including phenoxy) is 1. The summed E-state index contributed by atoms with van der Waals surface area (Å²) in [5.74, 6) is -5.22. The van der Waals surface area contributed by atoms with E-state index >= 15 is 0 Å². The molecule has 5 rings (SSSR count). The van der Waals surface area contributed by atoms with Gasteiger partial charge in [0.2, 0.25) is 15.9 Å². The molecule has 0 atom stereocenters. The number of rotatable bonds is 9. The molecule has 2 aromatic carbocycles. The number of hydrogen-bond donors (Lipinski definition) is 3. The zero-order chi connectivity index (χ0) is 45.6. The molecular weight excluding hydrogens is 875 g/mol. The average Bonchev–Trinajstić information content (AvgIpc) is 3.59. The molecule has 0 unspecified atom stereocenters. The smallest absolute Gasteiger partial charge is 0.487 e. The largest absolute Gasteiger partial charge is 0.490 e. The van der Waals surface area contributed by atoms with Crippen LogP contribution in [0.2, 0.25) is 10.0 Å². The summed E-state index contributed by atoms with van der Waals surface area (Å²) in [5.41, 5.74) is 1.62. The van der Waals surface area contributed by atoms with E-state index < -0.39 is 39.9 Å². The molecule has 1 aliphatic heterocycles. The van der Waals surface area contributed by atoms with Gasteiger partial charge in [-0.05, 0) is 56.5 Å². The number of hydrogen-bond acceptors (Lipinski definition) is 8. The lowest BCUT2D eigenvalue weighted by molar-refractivity contribution is -0.862. The first-order valence-corrected chi connectivity index (χ1v) is 20.2. The molecule has 2 fully saturated rings. The highest BCUT2D eigenvalue weighted by molar-refractivity contribution is 7.89. The summed E-state index contributed by atoms with van der Waals surface area (Å²) in [7, 11) is 1.63. The maximum absolute atomic E-state index is 14.0. The Morgan fingerprint density at radius 2 is 1.40 bits per heavy atom. The number of carboxylic acid groups (broad SMARTS) is 2. The SMILES string of the molecule is Cc1cc(C)c2cccc(OCc3c(Cl)ccc(S(=O)(=O)NC4(C(=O)N5CCN(C(=O)C[N+](C)(C)C)CC5)CCCC4)c3Cl)c2n1.O=C(O)C(F)(F)F.O=C(O)C(F)(F)F. The maximum atomic E-state index is 14.0. The lowest BCUT2D eigenvalue weighted by atomic mass is 9.96. The number of quaternary nitrogens is 1. The number of pyridine rings is 1. The van der Waals surface area contributed by atoms with Gasteiger partial charge in [0.25, 0.3) is 5.91 Å². The molecule has 14 nitrogen and oxygen atoms in total. The first-order chi connectivity index (χ1) is 27.5. The number of piperazine rings is 1. The van der Waals surface area contributed by atoms with Crippen molar-refractivity contribution < 1.29 is 73.4 Å². The van der Waals surface area contributed by atoms with Crippen LogP contribution in [0.15, 0.2) is 41.3 Å². The number of likely N-dealkylation sites (N-methyl/N-ethyl adjacent to an activating group) is 1. The van der Waals surface area contributed by atoms with Gasteiger partial charge in [0.1, 0.15) is 28.3 Å². The molecule has 1 aromatic heterocycles. The molecule has 23 heteroatoms. The molecule has 332 valence electrons. The maximum Gasteiger partial charge on any atom is 0.490 e. The highest BCUT2D eigenvalue weighted by Crippen LogP contribution is 2.37. The quantitative estimate of drug-likeness (QED) is 0.171. The average molecular weight is 920 g/mol. The van der Waals surface area contributed by atoms with Gasteiger partial charge in [0.15, 0.2) is 6.54 Å². The number of halogens is 8. The third-order valence-electron chi connectivity index (χ3n) is 9.16. The topological polar surface area (TPSA) is 184 Å². The van der Waals surface area contributed by atoms with Gasteiger partial charge in [-0.25, -0.2) is 23.0 Å². The normalized spacial score (nSPS) is 15.7. The van der Waals surface area contributed by atoms with Crippen molar-refractivity contribution in [3.63, 3.8) is 0 Å². The summed E-state index contributed by atoms with van der Waals surface area (Å²) in [6.07, 6.45) is -8.00. The van der Waals surface area contributed by atoms with Crippen LogP contribution >= 0.6 is 23.2 Å². The van der Waals surface area contributed by atoms with Gasteiger partial charge >= 0.3 is 24.3 Å². The Hall–Kier alpha value is -4.44. The van der Waals surface area contributed by atoms with E-state index in [1.54, 1.807) is 15.9 Å². The lowest BCUT2D eigenvalue weighted by Gasteiger charge is -2.40.